The van der Waals surface area contributed by atoms with Crippen LogP contribution in [0.3, 0.4) is 0 Å². The lowest BCUT2D eigenvalue weighted by atomic mass is 10.2. The highest BCUT2D eigenvalue weighted by Gasteiger charge is 2.30. The van der Waals surface area contributed by atoms with Gasteiger partial charge in [-0.05, 0) is 36.4 Å². The summed E-state index contributed by atoms with van der Waals surface area (Å²) in [6.07, 6.45) is -1.52. The van der Waals surface area contributed by atoms with Crippen LogP contribution in [0.25, 0.3) is 11.2 Å². The number of H-pyrrole nitrogens is 1. The third-order valence-corrected chi connectivity index (χ3v) is 4.06. The fourth-order valence-corrected chi connectivity index (χ4v) is 2.62. The van der Waals surface area contributed by atoms with Gasteiger partial charge in [-0.25, -0.2) is 15.0 Å². The lowest BCUT2D eigenvalue weighted by molar-refractivity contribution is -0.137. The molecule has 0 aliphatic heterocycles. The van der Waals surface area contributed by atoms with Crippen molar-refractivity contribution >= 4 is 46.0 Å². The summed E-state index contributed by atoms with van der Waals surface area (Å²) in [6.45, 7) is 0. The highest BCUT2D eigenvalue weighted by molar-refractivity contribution is 6.33. The number of benzene rings is 1. The van der Waals surface area contributed by atoms with Crippen LogP contribution in [0.5, 0.6) is 0 Å². The number of alkyl halides is 3. The largest absolute Gasteiger partial charge is 0.416 e. The van der Waals surface area contributed by atoms with Gasteiger partial charge in [0.1, 0.15) is 11.8 Å². The molecule has 4 aromatic rings. The lowest BCUT2D eigenvalue weighted by Crippen LogP contribution is -2.04. The van der Waals surface area contributed by atoms with Crippen LogP contribution in [0, 0.1) is 0 Å². The predicted octanol–water partition coefficient (Wildman–Crippen LogP) is 4.91. The van der Waals surface area contributed by atoms with E-state index >= 15 is 0 Å². The highest BCUT2D eigenvalue weighted by atomic mass is 35.5. The molecule has 0 fully saturated rings. The highest BCUT2D eigenvalue weighted by Crippen LogP contribution is 2.31. The molecule has 0 spiro atoms. The van der Waals surface area contributed by atoms with Gasteiger partial charge in [-0.3, -0.25) is 0 Å². The summed E-state index contributed by atoms with van der Waals surface area (Å²) >= 11 is 6.07. The predicted molar refractivity (Wildman–Crippen MR) is 98.9 cm³/mol. The van der Waals surface area contributed by atoms with Crippen molar-refractivity contribution in [1.29, 1.82) is 0 Å². The van der Waals surface area contributed by atoms with E-state index in [1.165, 1.54) is 18.5 Å². The molecule has 3 aromatic heterocycles. The number of hydrogen-bond acceptors (Lipinski definition) is 6. The molecule has 11 heteroatoms. The maximum Gasteiger partial charge on any atom is 0.416 e. The Kier molecular flexibility index (Phi) is 4.47. The van der Waals surface area contributed by atoms with Crippen molar-refractivity contribution in [3.05, 3.63) is 59.5 Å². The fraction of sp³-hybridized carbons (Fsp3) is 0.0588. The van der Waals surface area contributed by atoms with Crippen molar-refractivity contribution in [2.75, 3.05) is 10.6 Å². The number of pyridine rings is 1. The number of aromatic nitrogens is 5. The molecule has 0 amide bonds. The molecule has 7 nitrogen and oxygen atoms in total. The van der Waals surface area contributed by atoms with Gasteiger partial charge in [-0.15, -0.1) is 0 Å². The van der Waals surface area contributed by atoms with Crippen molar-refractivity contribution in [1.82, 2.24) is 24.9 Å². The summed E-state index contributed by atoms with van der Waals surface area (Å²) in [5.74, 6) is 1.11. The maximum absolute atomic E-state index is 12.7. The molecule has 0 saturated carbocycles. The van der Waals surface area contributed by atoms with Gasteiger partial charge in [-0.2, -0.15) is 18.2 Å². The zero-order valence-electron chi connectivity index (χ0n) is 13.9. The Bertz CT molecular complexity index is 1130. The number of fused-ring (bicyclic) bond motifs is 1. The van der Waals surface area contributed by atoms with Crippen molar-refractivity contribution < 1.29 is 13.2 Å². The number of halogens is 4. The minimum Gasteiger partial charge on any atom is -0.338 e. The van der Waals surface area contributed by atoms with Gasteiger partial charge in [0.05, 0.1) is 10.6 Å². The van der Waals surface area contributed by atoms with Crippen LogP contribution in [0.1, 0.15) is 5.56 Å². The van der Waals surface area contributed by atoms with Gasteiger partial charge in [0.2, 0.25) is 5.95 Å². The second-order valence-electron chi connectivity index (χ2n) is 5.67. The molecule has 0 aliphatic carbocycles. The molecule has 142 valence electrons. The number of nitrogens with zero attached hydrogens (tertiary/aromatic N) is 4. The SMILES string of the molecule is FC(F)(F)c1ccc(Nc2ncnc3nc(Nc4ncccc4Cl)[nH]c23)cc1. The first-order valence-electron chi connectivity index (χ1n) is 7.93. The van der Waals surface area contributed by atoms with E-state index in [1.807, 2.05) is 0 Å². The first-order chi connectivity index (χ1) is 13.4. The van der Waals surface area contributed by atoms with Crippen LogP contribution < -0.4 is 10.6 Å². The van der Waals surface area contributed by atoms with Crippen molar-refractivity contribution in [2.24, 2.45) is 0 Å². The van der Waals surface area contributed by atoms with E-state index in [-0.39, 0.29) is 0 Å². The Morgan fingerprint density at radius 1 is 0.929 bits per heavy atom. The van der Waals surface area contributed by atoms with Crippen LogP contribution in [0.15, 0.2) is 48.9 Å². The van der Waals surface area contributed by atoms with Crippen LogP contribution in [0.2, 0.25) is 5.02 Å². The van der Waals surface area contributed by atoms with Crippen molar-refractivity contribution in [3.63, 3.8) is 0 Å². The molecule has 3 N–H and O–H groups in total. The van der Waals surface area contributed by atoms with Crippen LogP contribution in [-0.4, -0.2) is 24.9 Å². The minimum absolute atomic E-state index is 0.339. The van der Waals surface area contributed by atoms with Crippen molar-refractivity contribution in [2.45, 2.75) is 6.18 Å². The zero-order chi connectivity index (χ0) is 19.7. The molecular weight excluding hydrogens is 395 g/mol. The van der Waals surface area contributed by atoms with E-state index in [1.54, 1.807) is 18.3 Å². The molecule has 3 heterocycles. The van der Waals surface area contributed by atoms with E-state index in [2.05, 4.69) is 35.6 Å². The zero-order valence-corrected chi connectivity index (χ0v) is 14.7. The first kappa shape index (κ1) is 18.0. The minimum atomic E-state index is -4.39. The molecule has 0 atom stereocenters. The Labute approximate surface area is 161 Å². The molecule has 0 unspecified atom stereocenters. The smallest absolute Gasteiger partial charge is 0.338 e. The normalized spacial score (nSPS) is 11.6. The maximum atomic E-state index is 12.7. The monoisotopic (exact) mass is 405 g/mol. The van der Waals surface area contributed by atoms with Crippen molar-refractivity contribution in [3.8, 4) is 0 Å². The van der Waals surface area contributed by atoms with E-state index in [0.717, 1.165) is 12.1 Å². The lowest BCUT2D eigenvalue weighted by Gasteiger charge is -2.09. The van der Waals surface area contributed by atoms with Gasteiger partial charge >= 0.3 is 6.18 Å². The third-order valence-electron chi connectivity index (χ3n) is 3.76. The average Bonchev–Trinajstić information content (AvgIpc) is 3.07. The molecule has 0 aliphatic rings. The molecule has 1 aromatic carbocycles. The third kappa shape index (κ3) is 3.67. The van der Waals surface area contributed by atoms with Gasteiger partial charge in [0.25, 0.3) is 0 Å². The molecule has 0 saturated heterocycles. The number of anilines is 4. The van der Waals surface area contributed by atoms with Gasteiger partial charge in [0.15, 0.2) is 17.3 Å². The van der Waals surface area contributed by atoms with Gasteiger partial charge < -0.3 is 15.6 Å². The standard InChI is InChI=1S/C17H11ClF3N7/c18-11-2-1-7-22-13(11)27-16-26-12-14(23-8-24-15(12)28-16)25-10-5-3-9(4-6-10)17(19,20)21/h1-8H,(H3,22,23,24,25,26,27,28). The molecule has 0 radical (unpaired) electrons. The number of rotatable bonds is 4. The Balaban J connectivity index is 1.61. The van der Waals surface area contributed by atoms with Crippen LogP contribution >= 0.6 is 11.6 Å². The Morgan fingerprint density at radius 3 is 2.43 bits per heavy atom. The number of nitrogens with one attached hydrogen (secondary N) is 3. The fourth-order valence-electron chi connectivity index (χ4n) is 2.45. The summed E-state index contributed by atoms with van der Waals surface area (Å²) in [5, 5.41) is 6.32. The first-order valence-corrected chi connectivity index (χ1v) is 8.30. The molecular formula is C17H11ClF3N7. The van der Waals surface area contributed by atoms with E-state index in [4.69, 9.17) is 11.6 Å². The number of imidazole rings is 1. The average molecular weight is 406 g/mol. The summed E-state index contributed by atoms with van der Waals surface area (Å²) in [5.41, 5.74) is 0.534. The summed E-state index contributed by atoms with van der Waals surface area (Å²) in [6, 6.07) is 7.99. The van der Waals surface area contributed by atoms with Gasteiger partial charge in [0, 0.05) is 11.9 Å². The van der Waals surface area contributed by atoms with Crippen LogP contribution in [-0.2, 0) is 6.18 Å². The quantitative estimate of drug-likeness (QED) is 0.447. The molecule has 0 bridgehead atoms. The molecule has 4 rings (SSSR count). The Morgan fingerprint density at radius 2 is 1.71 bits per heavy atom. The number of hydrogen-bond donors (Lipinski definition) is 3. The summed E-state index contributed by atoms with van der Waals surface area (Å²) in [4.78, 5) is 19.6. The second kappa shape index (κ2) is 6.97. The second-order valence-corrected chi connectivity index (χ2v) is 6.07. The van der Waals surface area contributed by atoms with Crippen LogP contribution in [0.4, 0.5) is 36.4 Å². The molecule has 28 heavy (non-hydrogen) atoms. The number of aromatic amines is 1. The topological polar surface area (TPSA) is 91.4 Å². The van der Waals surface area contributed by atoms with E-state index in [0.29, 0.717) is 39.5 Å². The van der Waals surface area contributed by atoms with E-state index in [9.17, 15) is 13.2 Å². The van der Waals surface area contributed by atoms with E-state index < -0.39 is 11.7 Å². The summed E-state index contributed by atoms with van der Waals surface area (Å²) in [7, 11) is 0. The Hall–Kier alpha value is -3.40. The van der Waals surface area contributed by atoms with Gasteiger partial charge in [-0.1, -0.05) is 11.6 Å². The summed E-state index contributed by atoms with van der Waals surface area (Å²) < 4.78 is 38.1.